The molecule has 1 saturated carbocycles. The van der Waals surface area contributed by atoms with E-state index < -0.39 is 0 Å². The van der Waals surface area contributed by atoms with Crippen molar-refractivity contribution >= 4 is 29.3 Å². The predicted molar refractivity (Wildman–Crippen MR) is 141 cm³/mol. The van der Waals surface area contributed by atoms with Crippen LogP contribution in [0.2, 0.25) is 5.02 Å². The number of aromatic nitrogens is 3. The second-order valence-corrected chi connectivity index (χ2v) is 10.3. The number of carbonyl (C=O) groups is 1. The monoisotopic (exact) mass is 502 g/mol. The minimum Gasteiger partial charge on any atom is -0.345 e. The Kier molecular flexibility index (Phi) is 7.21. The number of halogens is 1. The Hall–Kier alpha value is -3.09. The van der Waals surface area contributed by atoms with Gasteiger partial charge in [0.15, 0.2) is 11.0 Å². The number of carbonyl (C=O) groups excluding carboxylic acids is 1. The Labute approximate surface area is 214 Å². The Balaban J connectivity index is 1.55. The number of aryl methyl sites for hydroxylation is 1. The van der Waals surface area contributed by atoms with Crippen LogP contribution in [-0.2, 0) is 17.0 Å². The van der Waals surface area contributed by atoms with Gasteiger partial charge in [0.1, 0.15) is 0 Å². The molecule has 1 fully saturated rings. The molecule has 0 spiro atoms. The predicted octanol–water partition coefficient (Wildman–Crippen LogP) is 6.33. The summed E-state index contributed by atoms with van der Waals surface area (Å²) in [7, 11) is 0. The zero-order valence-electron chi connectivity index (χ0n) is 19.5. The zero-order chi connectivity index (χ0) is 24.2. The lowest BCUT2D eigenvalue weighted by molar-refractivity contribution is -0.123. The van der Waals surface area contributed by atoms with E-state index in [1.165, 1.54) is 5.56 Å². The number of nitrogens with zero attached hydrogens (tertiary/aromatic N) is 3. The minimum absolute atomic E-state index is 0.0850. The molecule has 0 bridgehead atoms. The van der Waals surface area contributed by atoms with E-state index in [4.69, 9.17) is 11.6 Å². The molecule has 1 N–H and O–H groups in total. The lowest BCUT2D eigenvalue weighted by atomic mass is 10.0. The molecule has 178 valence electrons. The second-order valence-electron chi connectivity index (χ2n) is 8.91. The molecule has 1 aliphatic carbocycles. The van der Waals surface area contributed by atoms with E-state index >= 15 is 0 Å². The van der Waals surface area contributed by atoms with Crippen molar-refractivity contribution in [2.24, 2.45) is 5.92 Å². The van der Waals surface area contributed by atoms with Crippen LogP contribution in [-0.4, -0.2) is 20.7 Å². The maximum absolute atomic E-state index is 12.9. The summed E-state index contributed by atoms with van der Waals surface area (Å²) in [5, 5.41) is 13.9. The van der Waals surface area contributed by atoms with Crippen molar-refractivity contribution in [1.82, 2.24) is 20.1 Å². The normalized spacial score (nSPS) is 14.0. The number of benzene rings is 3. The summed E-state index contributed by atoms with van der Waals surface area (Å²) in [5.74, 6) is 1.66. The average molecular weight is 503 g/mol. The van der Waals surface area contributed by atoms with Crippen LogP contribution in [0.4, 0.5) is 0 Å². The molecular weight excluding hydrogens is 476 g/mol. The largest absolute Gasteiger partial charge is 0.345 e. The van der Waals surface area contributed by atoms with Crippen LogP contribution in [0.15, 0.2) is 84.0 Å². The summed E-state index contributed by atoms with van der Waals surface area (Å²) >= 11 is 8.05. The summed E-state index contributed by atoms with van der Waals surface area (Å²) in [6.07, 6.45) is 2.52. The number of hydrogen-bond donors (Lipinski definition) is 1. The second kappa shape index (κ2) is 10.7. The van der Waals surface area contributed by atoms with Crippen LogP contribution in [0.1, 0.15) is 41.4 Å². The molecule has 1 atom stereocenters. The molecule has 1 heterocycles. The van der Waals surface area contributed by atoms with Gasteiger partial charge in [-0.05, 0) is 55.0 Å². The van der Waals surface area contributed by atoms with E-state index in [9.17, 15) is 4.79 Å². The molecule has 5 rings (SSSR count). The molecule has 0 radical (unpaired) electrons. The highest BCUT2D eigenvalue weighted by molar-refractivity contribution is 7.98. The molecule has 4 aromatic rings. The third-order valence-corrected chi connectivity index (χ3v) is 7.38. The molecule has 0 aliphatic heterocycles. The molecule has 0 saturated heterocycles. The van der Waals surface area contributed by atoms with Gasteiger partial charge in [0.2, 0.25) is 5.91 Å². The van der Waals surface area contributed by atoms with Gasteiger partial charge < -0.3 is 5.32 Å². The first-order chi connectivity index (χ1) is 17.1. The van der Waals surface area contributed by atoms with E-state index in [-0.39, 0.29) is 17.9 Å². The van der Waals surface area contributed by atoms with E-state index in [2.05, 4.69) is 51.3 Å². The Bertz CT molecular complexity index is 1310. The highest BCUT2D eigenvalue weighted by Crippen LogP contribution is 2.33. The number of amides is 1. The van der Waals surface area contributed by atoms with Crippen molar-refractivity contribution in [3.63, 3.8) is 0 Å². The van der Waals surface area contributed by atoms with Crippen LogP contribution < -0.4 is 5.32 Å². The maximum atomic E-state index is 12.9. The van der Waals surface area contributed by atoms with Gasteiger partial charge in [0.25, 0.3) is 0 Å². The van der Waals surface area contributed by atoms with Gasteiger partial charge in [-0.1, -0.05) is 90.1 Å². The summed E-state index contributed by atoms with van der Waals surface area (Å²) in [5.41, 5.74) is 4.32. The van der Waals surface area contributed by atoms with Gasteiger partial charge in [-0.25, -0.2) is 0 Å². The van der Waals surface area contributed by atoms with Gasteiger partial charge in [0, 0.05) is 16.7 Å². The summed E-state index contributed by atoms with van der Waals surface area (Å²) < 4.78 is 2.07. The van der Waals surface area contributed by atoms with Crippen molar-refractivity contribution in [2.75, 3.05) is 0 Å². The van der Waals surface area contributed by atoms with Crippen LogP contribution in [0.25, 0.3) is 5.69 Å². The Morgan fingerprint density at radius 1 is 1.03 bits per heavy atom. The van der Waals surface area contributed by atoms with Gasteiger partial charge in [-0.2, -0.15) is 0 Å². The van der Waals surface area contributed by atoms with Crippen molar-refractivity contribution in [3.8, 4) is 5.69 Å². The first-order valence-electron chi connectivity index (χ1n) is 11.8. The van der Waals surface area contributed by atoms with Crippen LogP contribution in [0.5, 0.6) is 0 Å². The molecule has 1 aliphatic rings. The van der Waals surface area contributed by atoms with E-state index in [0.29, 0.717) is 17.3 Å². The SMILES string of the molecule is Cc1ccc(Cl)cc1-n1c(SCc2ccccc2)nnc1C(Cc1ccccc1)NC(=O)C1CC1. The summed E-state index contributed by atoms with van der Waals surface area (Å²) in [4.78, 5) is 12.9. The fourth-order valence-electron chi connectivity index (χ4n) is 4.06. The van der Waals surface area contributed by atoms with Crippen molar-refractivity contribution in [2.45, 2.75) is 43.1 Å². The smallest absolute Gasteiger partial charge is 0.223 e. The van der Waals surface area contributed by atoms with Crippen molar-refractivity contribution in [3.05, 3.63) is 106 Å². The quantitative estimate of drug-likeness (QED) is 0.272. The Morgan fingerprint density at radius 2 is 1.71 bits per heavy atom. The lowest BCUT2D eigenvalue weighted by Gasteiger charge is -2.21. The highest BCUT2D eigenvalue weighted by atomic mass is 35.5. The summed E-state index contributed by atoms with van der Waals surface area (Å²) in [6, 6.07) is 26.0. The lowest BCUT2D eigenvalue weighted by Crippen LogP contribution is -2.33. The molecule has 5 nitrogen and oxygen atoms in total. The van der Waals surface area contributed by atoms with E-state index in [0.717, 1.165) is 40.6 Å². The number of thioether (sulfide) groups is 1. The molecule has 1 aromatic heterocycles. The third-order valence-electron chi connectivity index (χ3n) is 6.14. The molecule has 1 amide bonds. The fourth-order valence-corrected chi connectivity index (χ4v) is 5.14. The van der Waals surface area contributed by atoms with Crippen LogP contribution >= 0.6 is 23.4 Å². The van der Waals surface area contributed by atoms with Crippen molar-refractivity contribution < 1.29 is 4.79 Å². The van der Waals surface area contributed by atoms with Gasteiger partial charge in [-0.3, -0.25) is 9.36 Å². The summed E-state index contributed by atoms with van der Waals surface area (Å²) in [6.45, 7) is 2.05. The highest BCUT2D eigenvalue weighted by Gasteiger charge is 2.33. The molecule has 3 aromatic carbocycles. The van der Waals surface area contributed by atoms with Crippen LogP contribution in [0, 0.1) is 12.8 Å². The van der Waals surface area contributed by atoms with Crippen molar-refractivity contribution in [1.29, 1.82) is 0 Å². The zero-order valence-corrected chi connectivity index (χ0v) is 21.1. The number of nitrogens with one attached hydrogen (secondary N) is 1. The molecule has 7 heteroatoms. The number of rotatable bonds is 9. The van der Waals surface area contributed by atoms with Crippen LogP contribution in [0.3, 0.4) is 0 Å². The third kappa shape index (κ3) is 5.77. The number of hydrogen-bond acceptors (Lipinski definition) is 4. The molecule has 35 heavy (non-hydrogen) atoms. The minimum atomic E-state index is -0.317. The first-order valence-corrected chi connectivity index (χ1v) is 13.2. The molecular formula is C28H27ClN4OS. The Morgan fingerprint density at radius 3 is 2.40 bits per heavy atom. The van der Waals surface area contributed by atoms with Gasteiger partial charge in [-0.15, -0.1) is 10.2 Å². The van der Waals surface area contributed by atoms with E-state index in [1.54, 1.807) is 11.8 Å². The van der Waals surface area contributed by atoms with Gasteiger partial charge in [0.05, 0.1) is 11.7 Å². The van der Waals surface area contributed by atoms with E-state index in [1.807, 2.05) is 54.6 Å². The van der Waals surface area contributed by atoms with Gasteiger partial charge >= 0.3 is 0 Å². The first kappa shape index (κ1) is 23.6. The molecule has 1 unspecified atom stereocenters. The topological polar surface area (TPSA) is 59.8 Å². The fraction of sp³-hybridized carbons (Fsp3) is 0.250. The standard InChI is InChI=1S/C28H27ClN4OS/c1-19-12-15-23(29)17-25(19)33-26(31-32-28(33)35-18-21-10-6-3-7-11-21)24(30-27(34)22-13-14-22)16-20-8-4-2-5-9-20/h2-12,15,17,22,24H,13-14,16,18H2,1H3,(H,30,34). The maximum Gasteiger partial charge on any atom is 0.223 e. The average Bonchev–Trinajstić information content (AvgIpc) is 3.65.